The Bertz CT molecular complexity index is 1310. The van der Waals surface area contributed by atoms with Crippen molar-refractivity contribution in [1.82, 2.24) is 16.0 Å². The van der Waals surface area contributed by atoms with E-state index in [-0.39, 0.29) is 13.2 Å². The van der Waals surface area contributed by atoms with Gasteiger partial charge in [-0.25, -0.2) is 9.78 Å². The van der Waals surface area contributed by atoms with E-state index >= 15 is 0 Å². The van der Waals surface area contributed by atoms with Gasteiger partial charge >= 0.3 is 10.4 Å². The van der Waals surface area contributed by atoms with E-state index < -0.39 is 152 Å². The number of carbonyl (C=O) groups is 3. The maximum absolute atomic E-state index is 12.9. The molecule has 0 aromatic heterocycles. The molecule has 2 bridgehead atoms. The van der Waals surface area contributed by atoms with Gasteiger partial charge in [0.15, 0.2) is 6.29 Å². The van der Waals surface area contributed by atoms with Crippen LogP contribution in [0.15, 0.2) is 0 Å². The number of aliphatic hydroxyl groups excluding tert-OH is 6. The van der Waals surface area contributed by atoms with Crippen LogP contribution in [0, 0.1) is 11.8 Å². The molecule has 4 heterocycles. The smallest absolute Gasteiger partial charge is 0.394 e. The minimum absolute atomic E-state index is 0.353. The summed E-state index contributed by atoms with van der Waals surface area (Å²) in [5, 5.41) is 68.9. The molecule has 4 aliphatic heterocycles. The Morgan fingerprint density at radius 2 is 1.25 bits per heavy atom. The lowest BCUT2D eigenvalue weighted by molar-refractivity contribution is -0.344. The number of amides is 3. The lowest BCUT2D eigenvalue weighted by Crippen LogP contribution is -2.65. The molecule has 15 atom stereocenters. The summed E-state index contributed by atoms with van der Waals surface area (Å²) in [4.78, 5) is 46.6. The molecule has 0 radical (unpaired) electrons. The van der Waals surface area contributed by atoms with Crippen LogP contribution in [-0.2, 0) is 66.9 Å². The Balaban J connectivity index is 1.60. The minimum atomic E-state index is -5.25. The average molecular weight is 778 g/mol. The van der Waals surface area contributed by atoms with Gasteiger partial charge in [-0.15, -0.1) is 0 Å². The summed E-state index contributed by atoms with van der Waals surface area (Å²) in [7, 11) is -5.25. The third kappa shape index (κ3) is 10.5. The zero-order valence-electron chi connectivity index (χ0n) is 28.4. The van der Waals surface area contributed by atoms with Gasteiger partial charge in [-0.3, -0.25) is 14.4 Å². The molecule has 0 saturated carbocycles. The summed E-state index contributed by atoms with van der Waals surface area (Å²) in [5.41, 5.74) is 0. The maximum Gasteiger partial charge on any atom is 0.453 e. The molecule has 3 amide bonds. The highest BCUT2D eigenvalue weighted by molar-refractivity contribution is 7.81. The Kier molecular flexibility index (Phi) is 15.4. The van der Waals surface area contributed by atoms with Crippen LogP contribution in [0.3, 0.4) is 0 Å². The van der Waals surface area contributed by atoms with Crippen molar-refractivity contribution in [3.8, 4) is 0 Å². The van der Waals surface area contributed by atoms with Crippen LogP contribution in [-0.4, -0.2) is 182 Å². The van der Waals surface area contributed by atoms with Gasteiger partial charge in [0.05, 0.1) is 70.5 Å². The second-order valence-electron chi connectivity index (χ2n) is 12.8. The standard InChI is InChI=1S/C28H47N3O20S/c1-11(35)29-21-19(46-18(6-34)24(38)25(21)39)9-43-7-14-16(4-32)45-20-10-44-8-15-17(5-33)47-28(40)23(31-13(3)37)27(15)49-51-52(41,42)50-48-26(14)22(20)30-12(2)36/h14-28,32-34,38-40H,4-10H2,1-3H3,(H,29,35)(H,30,36)(H,31,37)/t14-,15-,16?,17?,18?,19-,20-,21?,22?,23?,24+,25+,26-,27-,28+/m0/s1. The monoisotopic (exact) mass is 777 g/mol. The van der Waals surface area contributed by atoms with E-state index in [1.165, 1.54) is 6.92 Å². The van der Waals surface area contributed by atoms with Crippen molar-refractivity contribution in [3.05, 3.63) is 0 Å². The van der Waals surface area contributed by atoms with Crippen molar-refractivity contribution in [1.29, 1.82) is 0 Å². The van der Waals surface area contributed by atoms with Crippen LogP contribution in [0.25, 0.3) is 0 Å². The molecule has 4 fully saturated rings. The zero-order chi connectivity index (χ0) is 38.3. The fourth-order valence-corrected chi connectivity index (χ4v) is 7.05. The fraction of sp³-hybridized carbons (Fsp3) is 0.893. The molecule has 23 nitrogen and oxygen atoms in total. The van der Waals surface area contributed by atoms with E-state index in [1.807, 2.05) is 0 Å². The van der Waals surface area contributed by atoms with E-state index in [0.29, 0.717) is 0 Å². The molecular weight excluding hydrogens is 730 g/mol. The van der Waals surface area contributed by atoms with E-state index in [4.69, 9.17) is 37.8 Å². The predicted octanol–water partition coefficient (Wildman–Crippen LogP) is -6.39. The Hall–Kier alpha value is -2.24. The number of nitrogens with one attached hydrogen (secondary N) is 3. The highest BCUT2D eigenvalue weighted by atomic mass is 32.3. The topological polar surface area (TPSA) is 326 Å². The number of rotatable bonds is 10. The normalized spacial score (nSPS) is 41.2. The molecule has 0 spiro atoms. The maximum atomic E-state index is 12.9. The molecule has 4 rings (SSSR count). The van der Waals surface area contributed by atoms with Crippen LogP contribution < -0.4 is 16.0 Å². The highest BCUT2D eigenvalue weighted by Crippen LogP contribution is 2.33. The molecule has 52 heavy (non-hydrogen) atoms. The van der Waals surface area contributed by atoms with Crippen molar-refractivity contribution in [2.24, 2.45) is 11.8 Å². The van der Waals surface area contributed by atoms with Crippen molar-refractivity contribution in [2.75, 3.05) is 46.2 Å². The van der Waals surface area contributed by atoms with E-state index in [1.54, 1.807) is 0 Å². The van der Waals surface area contributed by atoms with Gasteiger partial charge in [0.2, 0.25) is 17.7 Å². The van der Waals surface area contributed by atoms with Crippen molar-refractivity contribution in [3.63, 3.8) is 0 Å². The minimum Gasteiger partial charge on any atom is -0.394 e. The van der Waals surface area contributed by atoms with Gasteiger partial charge in [0.25, 0.3) is 0 Å². The molecule has 24 heteroatoms. The van der Waals surface area contributed by atoms with Gasteiger partial charge in [-0.05, 0) is 0 Å². The Morgan fingerprint density at radius 1 is 0.673 bits per heavy atom. The lowest BCUT2D eigenvalue weighted by atomic mass is 9.85. The fourth-order valence-electron chi connectivity index (χ4n) is 6.66. The predicted molar refractivity (Wildman–Crippen MR) is 164 cm³/mol. The molecule has 0 aliphatic carbocycles. The van der Waals surface area contributed by atoms with Crippen molar-refractivity contribution >= 4 is 28.1 Å². The van der Waals surface area contributed by atoms with Crippen LogP contribution in [0.4, 0.5) is 0 Å². The number of hydrogen-bond acceptors (Lipinski definition) is 20. The first-order valence-electron chi connectivity index (χ1n) is 16.3. The van der Waals surface area contributed by atoms with E-state index in [0.717, 1.165) is 13.8 Å². The summed E-state index contributed by atoms with van der Waals surface area (Å²) in [6.45, 7) is -0.171. The van der Waals surface area contributed by atoms with Crippen LogP contribution in [0.2, 0.25) is 0 Å². The number of ether oxygens (including phenoxy) is 5. The second-order valence-corrected chi connectivity index (χ2v) is 13.9. The number of fused-ring (bicyclic) bond motifs is 3. The zero-order valence-corrected chi connectivity index (χ0v) is 29.2. The average Bonchev–Trinajstić information content (AvgIpc) is 3.08. The third-order valence-corrected chi connectivity index (χ3v) is 9.52. The largest absolute Gasteiger partial charge is 0.453 e. The summed E-state index contributed by atoms with van der Waals surface area (Å²) in [5.74, 6) is -4.08. The van der Waals surface area contributed by atoms with Crippen LogP contribution in [0.1, 0.15) is 20.8 Å². The van der Waals surface area contributed by atoms with E-state index in [2.05, 4.69) is 20.3 Å². The number of aliphatic hydroxyl groups is 6. The van der Waals surface area contributed by atoms with Gasteiger partial charge in [0.1, 0.15) is 48.8 Å². The van der Waals surface area contributed by atoms with Gasteiger partial charge in [-0.1, -0.05) is 8.67 Å². The second kappa shape index (κ2) is 18.9. The number of carbonyl (C=O) groups excluding carboxylic acids is 3. The summed E-state index contributed by atoms with van der Waals surface area (Å²) in [6.07, 6.45) is -13.8. The third-order valence-electron chi connectivity index (χ3n) is 9.03. The molecule has 300 valence electrons. The first-order chi connectivity index (χ1) is 24.6. The van der Waals surface area contributed by atoms with Crippen LogP contribution >= 0.6 is 0 Å². The molecule has 0 aromatic rings. The Labute approximate surface area is 297 Å². The quantitative estimate of drug-likeness (QED) is 0.0932. The lowest BCUT2D eigenvalue weighted by Gasteiger charge is -2.46. The molecular formula is C28H47N3O20S. The molecule has 9 N–H and O–H groups in total. The molecule has 0 aromatic carbocycles. The Morgan fingerprint density at radius 3 is 1.85 bits per heavy atom. The van der Waals surface area contributed by atoms with Gasteiger partial charge < -0.3 is 70.3 Å². The SMILES string of the molecule is CC(=O)NC1[C@H](COC[C@H]2C(CO)O[C@H]3COC[C@H]4C(CO)O[C@@H](O)C(NC(C)=O)[C@H]4OOS(=O)(=O)OO[C@@H]2C3NC(C)=O)OC(CO)[C@@H](O)[C@@H]1O. The van der Waals surface area contributed by atoms with Crippen LogP contribution in [0.5, 0.6) is 0 Å². The van der Waals surface area contributed by atoms with Crippen molar-refractivity contribution in [2.45, 2.75) is 100 Å². The summed E-state index contributed by atoms with van der Waals surface area (Å²) in [6, 6.07) is -3.85. The highest BCUT2D eigenvalue weighted by Gasteiger charge is 2.52. The first kappa shape index (κ1) is 42.5. The molecule has 6 unspecified atom stereocenters. The first-order valence-corrected chi connectivity index (χ1v) is 17.7. The van der Waals surface area contributed by atoms with Gasteiger partial charge in [-0.2, -0.15) is 8.42 Å². The molecule has 4 saturated heterocycles. The summed E-state index contributed by atoms with van der Waals surface area (Å²) < 4.78 is 64.1. The summed E-state index contributed by atoms with van der Waals surface area (Å²) >= 11 is 0. The van der Waals surface area contributed by atoms with Gasteiger partial charge in [0, 0.05) is 32.6 Å². The molecule has 4 aliphatic rings. The van der Waals surface area contributed by atoms with Crippen molar-refractivity contribution < 1.29 is 95.6 Å². The number of hydrogen-bond donors (Lipinski definition) is 9. The van der Waals surface area contributed by atoms with E-state index in [9.17, 15) is 53.4 Å².